The molecule has 2 rings (SSSR count). The Balaban J connectivity index is 1.98. The van der Waals surface area contributed by atoms with E-state index in [0.29, 0.717) is 0 Å². The zero-order valence-electron chi connectivity index (χ0n) is 10.7. The maximum Gasteiger partial charge on any atom is 0.0285 e. The van der Waals surface area contributed by atoms with Crippen LogP contribution in [0.5, 0.6) is 0 Å². The van der Waals surface area contributed by atoms with Gasteiger partial charge in [0.15, 0.2) is 0 Å². The zero-order valence-corrected chi connectivity index (χ0v) is 13.1. The quantitative estimate of drug-likeness (QED) is 0.894. The van der Waals surface area contributed by atoms with Crippen LogP contribution in [0, 0.1) is 13.8 Å². The van der Waals surface area contributed by atoms with Gasteiger partial charge in [0.1, 0.15) is 0 Å². The fourth-order valence-corrected chi connectivity index (χ4v) is 3.57. The van der Waals surface area contributed by atoms with E-state index in [0.717, 1.165) is 17.3 Å². The number of hydrogen-bond acceptors (Lipinski definition) is 2. The molecular weight excluding hydrogens is 306 g/mol. The third-order valence-corrected chi connectivity index (χ3v) is 4.87. The maximum atomic E-state index is 6.23. The first-order valence-electron chi connectivity index (χ1n) is 6.09. The summed E-state index contributed by atoms with van der Waals surface area (Å²) in [6, 6.07) is 8.97. The fourth-order valence-electron chi connectivity index (χ4n) is 2.02. The van der Waals surface area contributed by atoms with Gasteiger partial charge in [0.05, 0.1) is 0 Å². The number of benzene rings is 1. The van der Waals surface area contributed by atoms with Gasteiger partial charge in [0.25, 0.3) is 0 Å². The van der Waals surface area contributed by atoms with E-state index in [1.807, 2.05) is 0 Å². The smallest absolute Gasteiger partial charge is 0.0285 e. The molecule has 0 amide bonds. The van der Waals surface area contributed by atoms with Crippen LogP contribution in [0.3, 0.4) is 0 Å². The summed E-state index contributed by atoms with van der Waals surface area (Å²) in [5.74, 6) is 0. The number of aryl methyl sites for hydroxylation is 2. The van der Waals surface area contributed by atoms with Gasteiger partial charge in [0.2, 0.25) is 0 Å². The topological polar surface area (TPSA) is 26.0 Å². The Hall–Kier alpha value is -0.640. The summed E-state index contributed by atoms with van der Waals surface area (Å²) in [7, 11) is 0. The molecule has 0 radical (unpaired) electrons. The van der Waals surface area contributed by atoms with Crippen LogP contribution in [-0.4, -0.2) is 6.04 Å². The molecule has 2 aromatic rings. The Morgan fingerprint density at radius 2 is 1.94 bits per heavy atom. The predicted molar refractivity (Wildman–Crippen MR) is 83.3 cm³/mol. The summed E-state index contributed by atoms with van der Waals surface area (Å²) in [5.41, 5.74) is 10.2. The normalized spacial score (nSPS) is 12.7. The van der Waals surface area contributed by atoms with Gasteiger partial charge in [-0.25, -0.2) is 0 Å². The van der Waals surface area contributed by atoms with Crippen molar-refractivity contribution < 1.29 is 0 Å². The Labute approximate surface area is 121 Å². The van der Waals surface area contributed by atoms with Crippen LogP contribution in [0.15, 0.2) is 34.1 Å². The van der Waals surface area contributed by atoms with Gasteiger partial charge < -0.3 is 5.73 Å². The highest BCUT2D eigenvalue weighted by Gasteiger charge is 2.08. The van der Waals surface area contributed by atoms with Crippen LogP contribution in [0.25, 0.3) is 0 Å². The van der Waals surface area contributed by atoms with Crippen molar-refractivity contribution in [1.82, 2.24) is 0 Å². The predicted octanol–water partition coefficient (Wildman–Crippen LogP) is 4.24. The van der Waals surface area contributed by atoms with Crippen molar-refractivity contribution in [1.29, 1.82) is 0 Å². The van der Waals surface area contributed by atoms with Gasteiger partial charge in [-0.1, -0.05) is 18.2 Å². The van der Waals surface area contributed by atoms with Gasteiger partial charge in [0, 0.05) is 20.8 Å². The van der Waals surface area contributed by atoms with Gasteiger partial charge in [-0.05, 0) is 65.4 Å². The van der Waals surface area contributed by atoms with E-state index in [4.69, 9.17) is 5.73 Å². The van der Waals surface area contributed by atoms with Gasteiger partial charge in [-0.2, -0.15) is 0 Å². The molecule has 3 heteroatoms. The first kappa shape index (κ1) is 13.8. The van der Waals surface area contributed by atoms with Crippen LogP contribution in [0.4, 0.5) is 0 Å². The minimum atomic E-state index is 0.192. The average molecular weight is 324 g/mol. The van der Waals surface area contributed by atoms with Crippen molar-refractivity contribution in [2.45, 2.75) is 32.7 Å². The number of thiophene rings is 1. The summed E-state index contributed by atoms with van der Waals surface area (Å²) in [5, 5.41) is 2.11. The molecule has 2 N–H and O–H groups in total. The standard InChI is InChI=1S/C15H18BrNS/c1-10-3-4-12(5-11(10)2)6-14(17)8-15-7-13(16)9-18-15/h3-5,7,9,14H,6,8,17H2,1-2H3. The zero-order chi connectivity index (χ0) is 13.1. The molecule has 1 unspecified atom stereocenters. The third-order valence-electron chi connectivity index (χ3n) is 3.15. The molecule has 1 aromatic heterocycles. The molecule has 1 atom stereocenters. The molecular formula is C15H18BrNS. The highest BCUT2D eigenvalue weighted by molar-refractivity contribution is 9.10. The Kier molecular flexibility index (Phi) is 4.60. The van der Waals surface area contributed by atoms with E-state index in [2.05, 4.69) is 59.4 Å². The van der Waals surface area contributed by atoms with Gasteiger partial charge >= 0.3 is 0 Å². The largest absolute Gasteiger partial charge is 0.327 e. The van der Waals surface area contributed by atoms with E-state index in [-0.39, 0.29) is 6.04 Å². The van der Waals surface area contributed by atoms with E-state index < -0.39 is 0 Å². The van der Waals surface area contributed by atoms with Crippen molar-refractivity contribution >= 4 is 27.3 Å². The Morgan fingerprint density at radius 1 is 1.17 bits per heavy atom. The summed E-state index contributed by atoms with van der Waals surface area (Å²) < 4.78 is 1.15. The molecule has 1 nitrogen and oxygen atoms in total. The number of nitrogens with two attached hydrogens (primary N) is 1. The van der Waals surface area contributed by atoms with Crippen LogP contribution in [0.2, 0.25) is 0 Å². The SMILES string of the molecule is Cc1ccc(CC(N)Cc2cc(Br)cs2)cc1C. The molecule has 1 aromatic carbocycles. The molecule has 0 saturated heterocycles. The second kappa shape index (κ2) is 6.00. The highest BCUT2D eigenvalue weighted by Crippen LogP contribution is 2.21. The Bertz CT molecular complexity index is 533. The Morgan fingerprint density at radius 3 is 2.56 bits per heavy atom. The summed E-state index contributed by atoms with van der Waals surface area (Å²) >= 11 is 5.24. The van der Waals surface area contributed by atoms with Crippen molar-refractivity contribution in [2.24, 2.45) is 5.73 Å². The summed E-state index contributed by atoms with van der Waals surface area (Å²) in [6.07, 6.45) is 1.89. The minimum Gasteiger partial charge on any atom is -0.327 e. The molecule has 0 aliphatic heterocycles. The van der Waals surface area contributed by atoms with Crippen LogP contribution in [0.1, 0.15) is 21.6 Å². The monoisotopic (exact) mass is 323 g/mol. The first-order chi connectivity index (χ1) is 8.54. The number of halogens is 1. The molecule has 0 fully saturated rings. The fraction of sp³-hybridized carbons (Fsp3) is 0.333. The van der Waals surface area contributed by atoms with Crippen LogP contribution >= 0.6 is 27.3 Å². The summed E-state index contributed by atoms with van der Waals surface area (Å²) in [6.45, 7) is 4.29. The van der Waals surface area contributed by atoms with Crippen LogP contribution in [-0.2, 0) is 12.8 Å². The third kappa shape index (κ3) is 3.67. The van der Waals surface area contributed by atoms with Gasteiger partial charge in [-0.15, -0.1) is 11.3 Å². The van der Waals surface area contributed by atoms with E-state index in [1.54, 1.807) is 11.3 Å². The number of hydrogen-bond donors (Lipinski definition) is 1. The highest BCUT2D eigenvalue weighted by atomic mass is 79.9. The van der Waals surface area contributed by atoms with Crippen molar-refractivity contribution in [3.8, 4) is 0 Å². The lowest BCUT2D eigenvalue weighted by molar-refractivity contribution is 0.670. The molecule has 0 spiro atoms. The lowest BCUT2D eigenvalue weighted by atomic mass is 9.99. The van der Waals surface area contributed by atoms with Crippen molar-refractivity contribution in [3.63, 3.8) is 0 Å². The molecule has 0 bridgehead atoms. The van der Waals surface area contributed by atoms with Crippen molar-refractivity contribution in [3.05, 3.63) is 55.7 Å². The molecule has 1 heterocycles. The lowest BCUT2D eigenvalue weighted by Gasteiger charge is -2.11. The molecule has 0 saturated carbocycles. The molecule has 0 aliphatic rings. The van der Waals surface area contributed by atoms with E-state index >= 15 is 0 Å². The lowest BCUT2D eigenvalue weighted by Crippen LogP contribution is -2.25. The second-order valence-electron chi connectivity index (χ2n) is 4.82. The first-order valence-corrected chi connectivity index (χ1v) is 7.76. The van der Waals surface area contributed by atoms with Crippen molar-refractivity contribution in [2.75, 3.05) is 0 Å². The average Bonchev–Trinajstić information content (AvgIpc) is 2.69. The second-order valence-corrected chi connectivity index (χ2v) is 6.73. The van der Waals surface area contributed by atoms with E-state index in [9.17, 15) is 0 Å². The van der Waals surface area contributed by atoms with Crippen LogP contribution < -0.4 is 5.73 Å². The van der Waals surface area contributed by atoms with E-state index in [1.165, 1.54) is 21.6 Å². The summed E-state index contributed by atoms with van der Waals surface area (Å²) in [4.78, 5) is 1.35. The molecule has 96 valence electrons. The number of rotatable bonds is 4. The minimum absolute atomic E-state index is 0.192. The molecule has 18 heavy (non-hydrogen) atoms. The maximum absolute atomic E-state index is 6.23. The van der Waals surface area contributed by atoms with Gasteiger partial charge in [-0.3, -0.25) is 0 Å². The molecule has 0 aliphatic carbocycles.